The van der Waals surface area contributed by atoms with Gasteiger partial charge in [0.1, 0.15) is 0 Å². The van der Waals surface area contributed by atoms with Crippen LogP contribution in [0.5, 0.6) is 0 Å². The number of hydrogen-bond donors (Lipinski definition) is 1. The first-order valence-electron chi connectivity index (χ1n) is 6.99. The Bertz CT molecular complexity index is 504. The van der Waals surface area contributed by atoms with Crippen molar-refractivity contribution in [1.29, 1.82) is 0 Å². The molecule has 108 valence electrons. The van der Waals surface area contributed by atoms with Crippen LogP contribution >= 0.6 is 0 Å². The van der Waals surface area contributed by atoms with Crippen LogP contribution in [-0.2, 0) is 9.31 Å². The molecule has 1 fully saturated rings. The lowest BCUT2D eigenvalue weighted by atomic mass is 9.77. The van der Waals surface area contributed by atoms with Crippen LogP contribution in [0.25, 0.3) is 6.08 Å². The number of aliphatic hydroxyl groups is 1. The second-order valence-electron chi connectivity index (χ2n) is 6.38. The summed E-state index contributed by atoms with van der Waals surface area (Å²) in [6, 6.07) is 8.12. The van der Waals surface area contributed by atoms with E-state index in [0.717, 1.165) is 11.0 Å². The summed E-state index contributed by atoms with van der Waals surface area (Å²) in [6.45, 7) is 10.0. The minimum atomic E-state index is -0.495. The molecule has 4 heteroatoms. The molecule has 0 amide bonds. The number of aryl methyl sites for hydroxylation is 1. The average molecular weight is 274 g/mol. The zero-order valence-electron chi connectivity index (χ0n) is 12.9. The van der Waals surface area contributed by atoms with Gasteiger partial charge in [-0.1, -0.05) is 35.9 Å². The third-order valence-corrected chi connectivity index (χ3v) is 4.13. The van der Waals surface area contributed by atoms with Gasteiger partial charge in [0, 0.05) is 0 Å². The normalized spacial score (nSPS) is 21.3. The number of hydrogen-bond acceptors (Lipinski definition) is 3. The first-order chi connectivity index (χ1) is 9.25. The molecule has 1 saturated heterocycles. The molecule has 1 N–H and O–H groups in total. The van der Waals surface area contributed by atoms with Gasteiger partial charge in [-0.05, 0) is 45.7 Å². The highest BCUT2D eigenvalue weighted by molar-refractivity contribution is 6.55. The standard InChI is InChI=1S/C16H23BO3/c1-12-7-6-8-13(9-12)10-14(11-18)17-19-15(2,3)16(4,5)20-17/h6-10,18H,11H2,1-5H3. The minimum absolute atomic E-state index is 0.0786. The highest BCUT2D eigenvalue weighted by atomic mass is 16.7. The van der Waals surface area contributed by atoms with E-state index in [1.54, 1.807) is 0 Å². The van der Waals surface area contributed by atoms with Crippen molar-refractivity contribution in [2.45, 2.75) is 45.8 Å². The molecule has 0 unspecified atom stereocenters. The molecule has 1 aromatic carbocycles. The number of rotatable bonds is 3. The van der Waals surface area contributed by atoms with Gasteiger partial charge in [0.05, 0.1) is 17.8 Å². The second-order valence-corrected chi connectivity index (χ2v) is 6.38. The fraction of sp³-hybridized carbons (Fsp3) is 0.500. The fourth-order valence-corrected chi connectivity index (χ4v) is 2.16. The highest BCUT2D eigenvalue weighted by Gasteiger charge is 2.52. The van der Waals surface area contributed by atoms with Gasteiger partial charge in [0.2, 0.25) is 0 Å². The Balaban J connectivity index is 2.26. The summed E-state index contributed by atoms with van der Waals surface area (Å²) in [7, 11) is -0.495. The molecule has 0 bridgehead atoms. The van der Waals surface area contributed by atoms with Gasteiger partial charge in [-0.3, -0.25) is 0 Å². The lowest BCUT2D eigenvalue weighted by molar-refractivity contribution is 0.00578. The monoisotopic (exact) mass is 274 g/mol. The van der Waals surface area contributed by atoms with Gasteiger partial charge in [-0.15, -0.1) is 0 Å². The predicted octanol–water partition coefficient (Wildman–Crippen LogP) is 3.00. The molecule has 3 nitrogen and oxygen atoms in total. The number of aliphatic hydroxyl groups excluding tert-OH is 1. The second kappa shape index (κ2) is 5.36. The summed E-state index contributed by atoms with van der Waals surface area (Å²) < 4.78 is 11.9. The fourth-order valence-electron chi connectivity index (χ4n) is 2.16. The lowest BCUT2D eigenvalue weighted by Gasteiger charge is -2.32. The Labute approximate surface area is 121 Å². The molecule has 0 atom stereocenters. The van der Waals surface area contributed by atoms with Crippen molar-refractivity contribution in [1.82, 2.24) is 0 Å². The van der Waals surface area contributed by atoms with E-state index < -0.39 is 18.3 Å². The topological polar surface area (TPSA) is 38.7 Å². The van der Waals surface area contributed by atoms with Crippen molar-refractivity contribution in [3.63, 3.8) is 0 Å². The van der Waals surface area contributed by atoms with Crippen LogP contribution in [0.2, 0.25) is 0 Å². The van der Waals surface area contributed by atoms with Gasteiger partial charge in [-0.25, -0.2) is 0 Å². The zero-order valence-corrected chi connectivity index (χ0v) is 12.9. The van der Waals surface area contributed by atoms with Crippen LogP contribution in [-0.4, -0.2) is 30.0 Å². The summed E-state index contributed by atoms with van der Waals surface area (Å²) in [5, 5.41) is 9.63. The molecular weight excluding hydrogens is 251 g/mol. The molecule has 20 heavy (non-hydrogen) atoms. The molecule has 1 heterocycles. The maximum absolute atomic E-state index is 9.63. The van der Waals surface area contributed by atoms with E-state index in [4.69, 9.17) is 9.31 Å². The molecule has 1 aliphatic rings. The van der Waals surface area contributed by atoms with E-state index >= 15 is 0 Å². The van der Waals surface area contributed by atoms with Gasteiger partial charge in [0.25, 0.3) is 0 Å². The molecule has 0 aliphatic carbocycles. The van der Waals surface area contributed by atoms with Crippen molar-refractivity contribution in [2.75, 3.05) is 6.61 Å². The van der Waals surface area contributed by atoms with Crippen molar-refractivity contribution in [2.24, 2.45) is 0 Å². The molecule has 2 rings (SSSR count). The van der Waals surface area contributed by atoms with Crippen LogP contribution in [0.4, 0.5) is 0 Å². The van der Waals surface area contributed by atoms with Crippen molar-refractivity contribution in [3.05, 3.63) is 40.9 Å². The molecule has 1 aromatic rings. The Morgan fingerprint density at radius 3 is 2.30 bits per heavy atom. The van der Waals surface area contributed by atoms with Gasteiger partial charge in [-0.2, -0.15) is 0 Å². The van der Waals surface area contributed by atoms with E-state index in [9.17, 15) is 5.11 Å². The summed E-state index contributed by atoms with van der Waals surface area (Å²) in [4.78, 5) is 0. The Kier molecular flexibility index (Phi) is 4.10. The SMILES string of the molecule is Cc1cccc(C=C(CO)B2OC(C)(C)C(C)(C)O2)c1. The highest BCUT2D eigenvalue weighted by Crippen LogP contribution is 2.38. The van der Waals surface area contributed by atoms with Crippen LogP contribution < -0.4 is 0 Å². The molecule has 0 aromatic heterocycles. The lowest BCUT2D eigenvalue weighted by Crippen LogP contribution is -2.41. The summed E-state index contributed by atoms with van der Waals surface area (Å²) in [6.07, 6.45) is 1.94. The average Bonchev–Trinajstić information content (AvgIpc) is 2.55. The summed E-state index contributed by atoms with van der Waals surface area (Å²) in [5.41, 5.74) is 2.19. The zero-order chi connectivity index (χ0) is 15.0. The van der Waals surface area contributed by atoms with E-state index in [1.165, 1.54) is 5.56 Å². The Morgan fingerprint density at radius 2 is 1.80 bits per heavy atom. The number of benzene rings is 1. The maximum atomic E-state index is 9.63. The molecular formula is C16H23BO3. The first-order valence-corrected chi connectivity index (χ1v) is 6.99. The molecule has 0 radical (unpaired) electrons. The van der Waals surface area contributed by atoms with Crippen molar-refractivity contribution in [3.8, 4) is 0 Å². The Hall–Kier alpha value is -1.10. The smallest absolute Gasteiger partial charge is 0.400 e. The summed E-state index contributed by atoms with van der Waals surface area (Å²) >= 11 is 0. The van der Waals surface area contributed by atoms with Gasteiger partial charge in [0.15, 0.2) is 0 Å². The first kappa shape index (κ1) is 15.3. The van der Waals surface area contributed by atoms with E-state index in [-0.39, 0.29) is 6.61 Å². The predicted molar refractivity (Wildman–Crippen MR) is 82.3 cm³/mol. The third kappa shape index (κ3) is 2.98. The van der Waals surface area contributed by atoms with Crippen LogP contribution in [0.1, 0.15) is 38.8 Å². The van der Waals surface area contributed by atoms with Crippen molar-refractivity contribution < 1.29 is 14.4 Å². The van der Waals surface area contributed by atoms with Crippen molar-refractivity contribution >= 4 is 13.2 Å². The molecule has 1 aliphatic heterocycles. The summed E-state index contributed by atoms with van der Waals surface area (Å²) in [5.74, 6) is 0. The maximum Gasteiger partial charge on any atom is 0.492 e. The van der Waals surface area contributed by atoms with E-state index in [1.807, 2.05) is 58.9 Å². The molecule has 0 spiro atoms. The van der Waals surface area contributed by atoms with Gasteiger partial charge >= 0.3 is 7.12 Å². The Morgan fingerprint density at radius 1 is 1.20 bits per heavy atom. The molecule has 0 saturated carbocycles. The van der Waals surface area contributed by atoms with E-state index in [2.05, 4.69) is 6.07 Å². The largest absolute Gasteiger partial charge is 0.492 e. The van der Waals surface area contributed by atoms with Gasteiger partial charge < -0.3 is 14.4 Å². The van der Waals surface area contributed by atoms with Crippen LogP contribution in [0.3, 0.4) is 0 Å². The van der Waals surface area contributed by atoms with Crippen LogP contribution in [0, 0.1) is 6.92 Å². The van der Waals surface area contributed by atoms with E-state index in [0.29, 0.717) is 0 Å². The van der Waals surface area contributed by atoms with Crippen LogP contribution in [0.15, 0.2) is 29.7 Å². The quantitative estimate of drug-likeness (QED) is 0.861. The third-order valence-electron chi connectivity index (χ3n) is 4.13. The minimum Gasteiger partial charge on any atom is -0.400 e.